The number of hydrogen-bond donors (Lipinski definition) is 1. The number of H-pyrrole nitrogens is 1. The van der Waals surface area contributed by atoms with Crippen molar-refractivity contribution >= 4 is 23.3 Å². The monoisotopic (exact) mass is 205 g/mol. The van der Waals surface area contributed by atoms with E-state index in [1.165, 1.54) is 0 Å². The molecule has 0 bridgehead atoms. The lowest BCUT2D eigenvalue weighted by Gasteiger charge is -2.00. The Labute approximate surface area is 87.1 Å². The molecule has 0 spiro atoms. The van der Waals surface area contributed by atoms with Gasteiger partial charge in [0, 0.05) is 12.7 Å². The number of fused-ring (bicyclic) bond motifs is 1. The Balaban J connectivity index is 2.56. The number of hydrogen-bond acceptors (Lipinski definition) is 2. The number of allylic oxidation sites excluding steroid dienone is 1. The molecule has 0 saturated carbocycles. The van der Waals surface area contributed by atoms with Gasteiger partial charge in [0.1, 0.15) is 0 Å². The number of nitrogens with zero attached hydrogens (tertiary/aromatic N) is 2. The molecule has 3 nitrogen and oxygen atoms in total. The van der Waals surface area contributed by atoms with Gasteiger partial charge in [-0.15, -0.1) is 6.58 Å². The van der Waals surface area contributed by atoms with Crippen LogP contribution in [-0.2, 0) is 6.54 Å². The van der Waals surface area contributed by atoms with Gasteiger partial charge in [-0.25, -0.2) is 0 Å². The molecule has 0 atom stereocenters. The molecular weight excluding hydrogens is 194 g/mol. The van der Waals surface area contributed by atoms with E-state index in [0.717, 1.165) is 28.8 Å². The zero-order valence-corrected chi connectivity index (χ0v) is 8.55. The maximum atomic E-state index is 5.21. The quantitative estimate of drug-likeness (QED) is 0.617. The minimum atomic E-state index is 0.745. The van der Waals surface area contributed by atoms with Crippen LogP contribution >= 0.6 is 12.2 Å². The minimum absolute atomic E-state index is 0.745. The van der Waals surface area contributed by atoms with Gasteiger partial charge >= 0.3 is 0 Å². The minimum Gasteiger partial charge on any atom is -0.329 e. The van der Waals surface area contributed by atoms with Crippen molar-refractivity contribution in [2.45, 2.75) is 13.0 Å². The van der Waals surface area contributed by atoms with E-state index in [4.69, 9.17) is 12.2 Å². The summed E-state index contributed by atoms with van der Waals surface area (Å²) in [7, 11) is 0. The first-order valence-electron chi connectivity index (χ1n) is 4.46. The van der Waals surface area contributed by atoms with Crippen LogP contribution in [0.4, 0.5) is 0 Å². The SMILES string of the molecule is C=CCCn1c(=S)[nH]c2cnccc21. The zero-order valence-electron chi connectivity index (χ0n) is 7.73. The summed E-state index contributed by atoms with van der Waals surface area (Å²) in [6, 6.07) is 1.96. The number of aromatic amines is 1. The molecule has 0 aromatic carbocycles. The van der Waals surface area contributed by atoms with E-state index in [2.05, 4.69) is 21.1 Å². The van der Waals surface area contributed by atoms with Gasteiger partial charge in [0.05, 0.1) is 17.2 Å². The highest BCUT2D eigenvalue weighted by molar-refractivity contribution is 7.71. The van der Waals surface area contributed by atoms with E-state index in [0.29, 0.717) is 0 Å². The number of pyridine rings is 1. The maximum Gasteiger partial charge on any atom is 0.178 e. The molecule has 0 aliphatic heterocycles. The molecule has 14 heavy (non-hydrogen) atoms. The Kier molecular flexibility index (Phi) is 2.45. The molecule has 4 heteroatoms. The molecule has 0 unspecified atom stereocenters. The van der Waals surface area contributed by atoms with E-state index in [-0.39, 0.29) is 0 Å². The molecule has 2 heterocycles. The van der Waals surface area contributed by atoms with Gasteiger partial charge < -0.3 is 9.55 Å². The highest BCUT2D eigenvalue weighted by Gasteiger charge is 2.01. The first kappa shape index (κ1) is 9.15. The molecule has 0 amide bonds. The Morgan fingerprint density at radius 3 is 3.29 bits per heavy atom. The van der Waals surface area contributed by atoms with E-state index in [1.54, 1.807) is 12.4 Å². The summed E-state index contributed by atoms with van der Waals surface area (Å²) in [5.41, 5.74) is 2.09. The van der Waals surface area contributed by atoms with Crippen LogP contribution in [0.1, 0.15) is 6.42 Å². The molecule has 0 aliphatic carbocycles. The first-order chi connectivity index (χ1) is 6.83. The Morgan fingerprint density at radius 2 is 2.50 bits per heavy atom. The standard InChI is InChI=1S/C10H11N3S/c1-2-3-6-13-9-4-5-11-7-8(9)12-10(13)14/h2,4-5,7H,1,3,6H2,(H,12,14). The maximum absolute atomic E-state index is 5.21. The second-order valence-electron chi connectivity index (χ2n) is 3.05. The van der Waals surface area contributed by atoms with Gasteiger partial charge in [-0.2, -0.15) is 0 Å². The summed E-state index contributed by atoms with van der Waals surface area (Å²) in [4.78, 5) is 7.15. The van der Waals surface area contributed by atoms with Crippen molar-refractivity contribution in [1.82, 2.24) is 14.5 Å². The molecule has 2 aromatic rings. The number of rotatable bonds is 3. The van der Waals surface area contributed by atoms with Gasteiger partial charge in [-0.3, -0.25) is 4.98 Å². The van der Waals surface area contributed by atoms with Crippen LogP contribution < -0.4 is 0 Å². The topological polar surface area (TPSA) is 33.6 Å². The predicted molar refractivity (Wildman–Crippen MR) is 59.7 cm³/mol. The number of imidazole rings is 1. The highest BCUT2D eigenvalue weighted by atomic mass is 32.1. The van der Waals surface area contributed by atoms with Gasteiger partial charge in [0.2, 0.25) is 0 Å². The predicted octanol–water partition coefficient (Wildman–Crippen LogP) is 2.67. The largest absolute Gasteiger partial charge is 0.329 e. The summed E-state index contributed by atoms with van der Waals surface area (Å²) in [6.45, 7) is 4.57. The Morgan fingerprint density at radius 1 is 1.64 bits per heavy atom. The van der Waals surface area contributed by atoms with Gasteiger partial charge in [0.25, 0.3) is 0 Å². The number of aromatic nitrogens is 3. The third-order valence-electron chi connectivity index (χ3n) is 2.13. The molecule has 0 saturated heterocycles. The average Bonchev–Trinajstić information content (AvgIpc) is 2.51. The van der Waals surface area contributed by atoms with Crippen LogP contribution in [0.5, 0.6) is 0 Å². The van der Waals surface area contributed by atoms with Crippen LogP contribution in [0.25, 0.3) is 11.0 Å². The fourth-order valence-corrected chi connectivity index (χ4v) is 1.75. The molecule has 0 aliphatic rings. The summed E-state index contributed by atoms with van der Waals surface area (Å²) < 4.78 is 2.81. The summed E-state index contributed by atoms with van der Waals surface area (Å²) >= 11 is 5.21. The number of aryl methyl sites for hydroxylation is 1. The Hall–Kier alpha value is -1.42. The van der Waals surface area contributed by atoms with Gasteiger partial charge in [-0.05, 0) is 24.7 Å². The van der Waals surface area contributed by atoms with Crippen LogP contribution in [0.15, 0.2) is 31.1 Å². The van der Waals surface area contributed by atoms with Crippen molar-refractivity contribution in [2.75, 3.05) is 0 Å². The zero-order chi connectivity index (χ0) is 9.97. The lowest BCUT2D eigenvalue weighted by Crippen LogP contribution is -1.96. The van der Waals surface area contributed by atoms with E-state index >= 15 is 0 Å². The van der Waals surface area contributed by atoms with Crippen molar-refractivity contribution < 1.29 is 0 Å². The van der Waals surface area contributed by atoms with Crippen LogP contribution in [0.3, 0.4) is 0 Å². The molecule has 2 rings (SSSR count). The number of nitrogens with one attached hydrogen (secondary N) is 1. The van der Waals surface area contributed by atoms with Crippen molar-refractivity contribution in [2.24, 2.45) is 0 Å². The van der Waals surface area contributed by atoms with Crippen molar-refractivity contribution in [1.29, 1.82) is 0 Å². The third-order valence-corrected chi connectivity index (χ3v) is 2.45. The summed E-state index contributed by atoms with van der Waals surface area (Å²) in [5, 5.41) is 0. The van der Waals surface area contributed by atoms with Crippen molar-refractivity contribution in [3.63, 3.8) is 0 Å². The van der Waals surface area contributed by atoms with Crippen molar-refractivity contribution in [3.8, 4) is 0 Å². The van der Waals surface area contributed by atoms with Gasteiger partial charge in [-0.1, -0.05) is 6.08 Å². The second-order valence-corrected chi connectivity index (χ2v) is 3.44. The van der Waals surface area contributed by atoms with Crippen LogP contribution in [-0.4, -0.2) is 14.5 Å². The van der Waals surface area contributed by atoms with Gasteiger partial charge in [0.15, 0.2) is 4.77 Å². The normalized spacial score (nSPS) is 10.6. The molecular formula is C10H11N3S. The Bertz CT molecular complexity index is 509. The van der Waals surface area contributed by atoms with E-state index in [1.807, 2.05) is 12.1 Å². The van der Waals surface area contributed by atoms with Crippen LogP contribution in [0.2, 0.25) is 0 Å². The average molecular weight is 205 g/mol. The molecule has 0 fully saturated rings. The lowest BCUT2D eigenvalue weighted by atomic mass is 10.4. The van der Waals surface area contributed by atoms with Crippen LogP contribution in [0, 0.1) is 4.77 Å². The molecule has 2 aromatic heterocycles. The smallest absolute Gasteiger partial charge is 0.178 e. The molecule has 0 radical (unpaired) electrons. The van der Waals surface area contributed by atoms with E-state index < -0.39 is 0 Å². The second kappa shape index (κ2) is 3.75. The first-order valence-corrected chi connectivity index (χ1v) is 4.87. The van der Waals surface area contributed by atoms with E-state index in [9.17, 15) is 0 Å². The molecule has 1 N–H and O–H groups in total. The molecule has 72 valence electrons. The van der Waals surface area contributed by atoms with Crippen molar-refractivity contribution in [3.05, 3.63) is 35.9 Å². The lowest BCUT2D eigenvalue weighted by molar-refractivity contribution is 0.721. The highest BCUT2D eigenvalue weighted by Crippen LogP contribution is 2.12. The third kappa shape index (κ3) is 1.48. The summed E-state index contributed by atoms with van der Waals surface area (Å²) in [5.74, 6) is 0. The summed E-state index contributed by atoms with van der Waals surface area (Å²) in [6.07, 6.45) is 6.37. The fraction of sp³-hybridized carbons (Fsp3) is 0.200. The fourth-order valence-electron chi connectivity index (χ4n) is 1.45.